The minimum Gasteiger partial charge on any atom is -0.496 e. The Balaban J connectivity index is 2.56. The fraction of sp³-hybridized carbons (Fsp3) is 0.429. The van der Waals surface area contributed by atoms with Crippen LogP contribution < -0.4 is 4.74 Å². The molecule has 0 saturated carbocycles. The van der Waals surface area contributed by atoms with Gasteiger partial charge in [-0.2, -0.15) is 0 Å². The summed E-state index contributed by atoms with van der Waals surface area (Å²) in [6, 6.07) is 3.15. The molecule has 18 heavy (non-hydrogen) atoms. The lowest BCUT2D eigenvalue weighted by atomic mass is 10.1. The van der Waals surface area contributed by atoms with Gasteiger partial charge in [0, 0.05) is 25.2 Å². The van der Waals surface area contributed by atoms with Crippen molar-refractivity contribution in [1.29, 1.82) is 0 Å². The Bertz CT molecular complexity index is 560. The zero-order chi connectivity index (χ0) is 13.3. The smallest absolute Gasteiger partial charge is 0.147 e. The molecule has 3 nitrogen and oxygen atoms in total. The van der Waals surface area contributed by atoms with Crippen LogP contribution in [-0.2, 0) is 13.5 Å². The first-order valence-corrected chi connectivity index (χ1v) is 5.99. The molecule has 2 rings (SSSR count). The molecule has 4 heteroatoms. The minimum absolute atomic E-state index is 0.204. The molecule has 0 radical (unpaired) electrons. The van der Waals surface area contributed by atoms with Crippen LogP contribution in [0.25, 0.3) is 10.9 Å². The molecule has 0 atom stereocenters. The van der Waals surface area contributed by atoms with Crippen molar-refractivity contribution in [3.63, 3.8) is 0 Å². The number of aryl methyl sites for hydroxylation is 1. The van der Waals surface area contributed by atoms with Crippen molar-refractivity contribution in [2.45, 2.75) is 6.42 Å². The third-order valence-electron chi connectivity index (χ3n) is 3.16. The van der Waals surface area contributed by atoms with E-state index < -0.39 is 0 Å². The van der Waals surface area contributed by atoms with Crippen LogP contribution in [0.5, 0.6) is 5.75 Å². The molecule has 0 aliphatic heterocycles. The normalized spacial score (nSPS) is 11.4. The van der Waals surface area contributed by atoms with E-state index in [1.165, 1.54) is 6.07 Å². The lowest BCUT2D eigenvalue weighted by molar-refractivity contribution is 0.411. The van der Waals surface area contributed by atoms with Crippen LogP contribution in [0.4, 0.5) is 4.39 Å². The van der Waals surface area contributed by atoms with Gasteiger partial charge in [0.2, 0.25) is 0 Å². The number of halogens is 1. The second-order valence-electron chi connectivity index (χ2n) is 4.79. The first-order chi connectivity index (χ1) is 8.54. The molecule has 1 heterocycles. The zero-order valence-corrected chi connectivity index (χ0v) is 11.3. The first kappa shape index (κ1) is 12.9. The molecule has 1 aromatic heterocycles. The van der Waals surface area contributed by atoms with Gasteiger partial charge in [0.05, 0.1) is 12.6 Å². The second kappa shape index (κ2) is 4.98. The van der Waals surface area contributed by atoms with Crippen molar-refractivity contribution in [2.24, 2.45) is 7.05 Å². The number of hydrogen-bond donors (Lipinski definition) is 0. The average molecular weight is 250 g/mol. The fourth-order valence-electron chi connectivity index (χ4n) is 2.27. The summed E-state index contributed by atoms with van der Waals surface area (Å²) in [5.41, 5.74) is 1.74. The average Bonchev–Trinajstić information content (AvgIpc) is 2.66. The molecule has 0 fully saturated rings. The van der Waals surface area contributed by atoms with Crippen LogP contribution in [0.2, 0.25) is 0 Å². The lowest BCUT2D eigenvalue weighted by Gasteiger charge is -2.09. The Hall–Kier alpha value is -1.55. The van der Waals surface area contributed by atoms with Gasteiger partial charge in [-0.3, -0.25) is 0 Å². The van der Waals surface area contributed by atoms with E-state index in [0.717, 1.165) is 29.7 Å². The number of aromatic nitrogens is 1. The highest BCUT2D eigenvalue weighted by atomic mass is 19.1. The molecule has 0 aliphatic rings. The summed E-state index contributed by atoms with van der Waals surface area (Å²) in [6.45, 7) is 0.929. The van der Waals surface area contributed by atoms with Gasteiger partial charge in [0.25, 0.3) is 0 Å². The molecule has 0 saturated heterocycles. The van der Waals surface area contributed by atoms with Gasteiger partial charge in [-0.05, 0) is 38.2 Å². The summed E-state index contributed by atoms with van der Waals surface area (Å²) >= 11 is 0. The fourth-order valence-corrected chi connectivity index (χ4v) is 2.27. The quantitative estimate of drug-likeness (QED) is 0.829. The maximum atomic E-state index is 13.9. The molecule has 0 aliphatic carbocycles. The highest BCUT2D eigenvalue weighted by Gasteiger charge is 2.15. The van der Waals surface area contributed by atoms with Gasteiger partial charge in [-0.1, -0.05) is 0 Å². The standard InChI is InChI=1S/C14H19FN2O/c1-16(2)8-7-10-9-17(3)14-11(15)5-6-12(18-4)13(10)14/h5-6,9H,7-8H2,1-4H3. The van der Waals surface area contributed by atoms with Gasteiger partial charge in [-0.15, -0.1) is 0 Å². The lowest BCUT2D eigenvalue weighted by Crippen LogP contribution is -2.14. The van der Waals surface area contributed by atoms with Gasteiger partial charge in [0.15, 0.2) is 0 Å². The molecule has 0 bridgehead atoms. The summed E-state index contributed by atoms with van der Waals surface area (Å²) in [5, 5.41) is 0.891. The monoisotopic (exact) mass is 250 g/mol. The molecule has 0 N–H and O–H groups in total. The van der Waals surface area contributed by atoms with Gasteiger partial charge >= 0.3 is 0 Å². The van der Waals surface area contributed by atoms with Crippen molar-refractivity contribution in [3.8, 4) is 5.75 Å². The molecule has 0 spiro atoms. The molecule has 1 aromatic carbocycles. The van der Waals surface area contributed by atoms with Crippen molar-refractivity contribution >= 4 is 10.9 Å². The Morgan fingerprint density at radius 3 is 2.67 bits per heavy atom. The van der Waals surface area contributed by atoms with Crippen LogP contribution in [0.15, 0.2) is 18.3 Å². The number of fused-ring (bicyclic) bond motifs is 1. The number of nitrogens with zero attached hydrogens (tertiary/aromatic N) is 2. The van der Waals surface area contributed by atoms with Crippen LogP contribution in [0, 0.1) is 5.82 Å². The molecule has 0 amide bonds. The zero-order valence-electron chi connectivity index (χ0n) is 11.3. The SMILES string of the molecule is COc1ccc(F)c2c1c(CCN(C)C)cn2C. The van der Waals surface area contributed by atoms with Crippen molar-refractivity contribution < 1.29 is 9.13 Å². The van der Waals surface area contributed by atoms with Gasteiger partial charge in [0.1, 0.15) is 11.6 Å². The number of benzene rings is 1. The number of ether oxygens (including phenoxy) is 1. The van der Waals surface area contributed by atoms with E-state index in [4.69, 9.17) is 4.74 Å². The number of hydrogen-bond acceptors (Lipinski definition) is 2. The Kier molecular flexibility index (Phi) is 3.57. The maximum Gasteiger partial charge on any atom is 0.147 e. The van der Waals surface area contributed by atoms with Gasteiger partial charge in [-0.25, -0.2) is 4.39 Å². The highest BCUT2D eigenvalue weighted by molar-refractivity contribution is 5.90. The number of rotatable bonds is 4. The van der Waals surface area contributed by atoms with Gasteiger partial charge < -0.3 is 14.2 Å². The summed E-state index contributed by atoms with van der Waals surface area (Å²) in [5.74, 6) is 0.533. The Labute approximate surface area is 107 Å². The molecular weight excluding hydrogens is 231 g/mol. The molecular formula is C14H19FN2O. The van der Waals surface area contributed by atoms with E-state index in [2.05, 4.69) is 4.90 Å². The maximum absolute atomic E-state index is 13.9. The third-order valence-corrected chi connectivity index (χ3v) is 3.16. The Morgan fingerprint density at radius 1 is 1.33 bits per heavy atom. The van der Waals surface area contributed by atoms with Crippen molar-refractivity contribution in [3.05, 3.63) is 29.7 Å². The summed E-state index contributed by atoms with van der Waals surface area (Å²) in [6.07, 6.45) is 2.86. The summed E-state index contributed by atoms with van der Waals surface area (Å²) in [7, 11) is 7.55. The number of methoxy groups -OCH3 is 1. The van der Waals surface area contributed by atoms with Crippen molar-refractivity contribution in [2.75, 3.05) is 27.7 Å². The Morgan fingerprint density at radius 2 is 2.06 bits per heavy atom. The van der Waals surface area contributed by atoms with Crippen LogP contribution >= 0.6 is 0 Å². The van der Waals surface area contributed by atoms with E-state index in [1.807, 2.05) is 31.9 Å². The van der Waals surface area contributed by atoms with Crippen LogP contribution in [-0.4, -0.2) is 37.2 Å². The highest BCUT2D eigenvalue weighted by Crippen LogP contribution is 2.32. The second-order valence-corrected chi connectivity index (χ2v) is 4.79. The van der Waals surface area contributed by atoms with Crippen LogP contribution in [0.1, 0.15) is 5.56 Å². The van der Waals surface area contributed by atoms with E-state index in [-0.39, 0.29) is 5.82 Å². The predicted octanol–water partition coefficient (Wildman–Crippen LogP) is 2.43. The molecule has 98 valence electrons. The van der Waals surface area contributed by atoms with E-state index in [1.54, 1.807) is 13.2 Å². The molecule has 0 unspecified atom stereocenters. The number of likely N-dealkylation sites (N-methyl/N-ethyl adjacent to an activating group) is 1. The third kappa shape index (κ3) is 2.20. The van der Waals surface area contributed by atoms with Crippen LogP contribution in [0.3, 0.4) is 0 Å². The topological polar surface area (TPSA) is 17.4 Å². The largest absolute Gasteiger partial charge is 0.496 e. The first-order valence-electron chi connectivity index (χ1n) is 5.99. The predicted molar refractivity (Wildman–Crippen MR) is 71.7 cm³/mol. The summed E-state index contributed by atoms with van der Waals surface area (Å²) in [4.78, 5) is 2.12. The van der Waals surface area contributed by atoms with E-state index in [0.29, 0.717) is 5.52 Å². The van der Waals surface area contributed by atoms with E-state index >= 15 is 0 Å². The minimum atomic E-state index is -0.204. The molecule has 2 aromatic rings. The summed E-state index contributed by atoms with van der Waals surface area (Å²) < 4.78 is 21.1. The van der Waals surface area contributed by atoms with E-state index in [9.17, 15) is 4.39 Å². The van der Waals surface area contributed by atoms with Crippen molar-refractivity contribution in [1.82, 2.24) is 9.47 Å².